The molecule has 0 aliphatic carbocycles. The summed E-state index contributed by atoms with van der Waals surface area (Å²) >= 11 is 0. The topological polar surface area (TPSA) is 42.4 Å². The molecule has 0 aliphatic heterocycles. The van der Waals surface area contributed by atoms with Gasteiger partial charge in [-0.3, -0.25) is 4.98 Å². The first kappa shape index (κ1) is 11.0. The van der Waals surface area contributed by atoms with Crippen molar-refractivity contribution in [3.05, 3.63) is 42.2 Å². The standard InChI is InChI=1S/C13H15NO2/c1-2-16-9-13(15)12-8-14-7-10-5-3-4-6-11(10)12/h3-8,13,15H,2,9H2,1H3. The Hall–Kier alpha value is -1.45. The Balaban J connectivity index is 2.36. The second kappa shape index (κ2) is 5.05. The van der Waals surface area contributed by atoms with Crippen LogP contribution in [0.15, 0.2) is 36.7 Å². The van der Waals surface area contributed by atoms with Crippen LogP contribution in [-0.4, -0.2) is 23.3 Å². The number of aliphatic hydroxyl groups is 1. The van der Waals surface area contributed by atoms with E-state index in [0.717, 1.165) is 16.3 Å². The van der Waals surface area contributed by atoms with Crippen LogP contribution in [0.2, 0.25) is 0 Å². The SMILES string of the molecule is CCOCC(O)c1cncc2ccccc12. The first-order valence-electron chi connectivity index (χ1n) is 5.41. The quantitative estimate of drug-likeness (QED) is 0.854. The van der Waals surface area contributed by atoms with Gasteiger partial charge in [-0.05, 0) is 12.3 Å². The van der Waals surface area contributed by atoms with Gasteiger partial charge in [-0.15, -0.1) is 0 Å². The minimum absolute atomic E-state index is 0.312. The molecule has 3 nitrogen and oxygen atoms in total. The maximum atomic E-state index is 9.98. The largest absolute Gasteiger partial charge is 0.386 e. The Morgan fingerprint density at radius 2 is 2.12 bits per heavy atom. The predicted octanol–water partition coefficient (Wildman–Crippen LogP) is 2.30. The van der Waals surface area contributed by atoms with Gasteiger partial charge in [-0.2, -0.15) is 0 Å². The lowest BCUT2D eigenvalue weighted by Gasteiger charge is -2.12. The molecule has 84 valence electrons. The molecule has 0 saturated heterocycles. The van der Waals surface area contributed by atoms with Crippen molar-refractivity contribution in [2.45, 2.75) is 13.0 Å². The number of hydrogen-bond donors (Lipinski definition) is 1. The molecule has 0 fully saturated rings. The minimum Gasteiger partial charge on any atom is -0.386 e. The molecule has 1 heterocycles. The average Bonchev–Trinajstić information content (AvgIpc) is 2.35. The number of aliphatic hydroxyl groups excluding tert-OH is 1. The fraction of sp³-hybridized carbons (Fsp3) is 0.308. The van der Waals surface area contributed by atoms with Crippen molar-refractivity contribution in [2.75, 3.05) is 13.2 Å². The van der Waals surface area contributed by atoms with Gasteiger partial charge in [0.05, 0.1) is 6.61 Å². The minimum atomic E-state index is -0.612. The molecular weight excluding hydrogens is 202 g/mol. The number of rotatable bonds is 4. The number of nitrogens with zero attached hydrogens (tertiary/aromatic N) is 1. The Labute approximate surface area is 94.7 Å². The van der Waals surface area contributed by atoms with Crippen molar-refractivity contribution in [1.82, 2.24) is 4.98 Å². The Morgan fingerprint density at radius 3 is 2.94 bits per heavy atom. The Morgan fingerprint density at radius 1 is 1.31 bits per heavy atom. The number of ether oxygens (including phenoxy) is 1. The maximum Gasteiger partial charge on any atom is 0.104 e. The van der Waals surface area contributed by atoms with Crippen molar-refractivity contribution < 1.29 is 9.84 Å². The van der Waals surface area contributed by atoms with E-state index >= 15 is 0 Å². The third-order valence-electron chi connectivity index (χ3n) is 2.54. The summed E-state index contributed by atoms with van der Waals surface area (Å²) in [6.07, 6.45) is 2.89. The van der Waals surface area contributed by atoms with Crippen LogP contribution in [-0.2, 0) is 4.74 Å². The normalized spacial score (nSPS) is 12.9. The van der Waals surface area contributed by atoms with Crippen LogP contribution in [0.3, 0.4) is 0 Å². The number of hydrogen-bond acceptors (Lipinski definition) is 3. The molecule has 1 aromatic carbocycles. The van der Waals surface area contributed by atoms with E-state index in [1.54, 1.807) is 12.4 Å². The van der Waals surface area contributed by atoms with Gasteiger partial charge in [-0.25, -0.2) is 0 Å². The summed E-state index contributed by atoms with van der Waals surface area (Å²) in [4.78, 5) is 4.13. The van der Waals surface area contributed by atoms with Gasteiger partial charge in [0.2, 0.25) is 0 Å². The summed E-state index contributed by atoms with van der Waals surface area (Å²) in [6.45, 7) is 2.83. The van der Waals surface area contributed by atoms with Gasteiger partial charge in [0.1, 0.15) is 6.10 Å². The van der Waals surface area contributed by atoms with E-state index in [9.17, 15) is 5.11 Å². The monoisotopic (exact) mass is 217 g/mol. The molecule has 1 N–H and O–H groups in total. The zero-order valence-electron chi connectivity index (χ0n) is 9.26. The summed E-state index contributed by atoms with van der Waals surface area (Å²) in [5.41, 5.74) is 0.826. The van der Waals surface area contributed by atoms with Gasteiger partial charge < -0.3 is 9.84 Å². The van der Waals surface area contributed by atoms with Gasteiger partial charge in [0, 0.05) is 30.0 Å². The molecule has 2 aromatic rings. The summed E-state index contributed by atoms with van der Waals surface area (Å²) in [7, 11) is 0. The average molecular weight is 217 g/mol. The van der Waals surface area contributed by atoms with Gasteiger partial charge in [-0.1, -0.05) is 24.3 Å². The molecule has 0 bridgehead atoms. The van der Waals surface area contributed by atoms with Crippen LogP contribution >= 0.6 is 0 Å². The first-order valence-corrected chi connectivity index (χ1v) is 5.41. The Bertz CT molecular complexity index is 465. The molecule has 0 aliphatic rings. The molecule has 16 heavy (non-hydrogen) atoms. The molecule has 0 saturated carbocycles. The van der Waals surface area contributed by atoms with E-state index in [0.29, 0.717) is 13.2 Å². The van der Waals surface area contributed by atoms with E-state index in [-0.39, 0.29) is 0 Å². The van der Waals surface area contributed by atoms with E-state index in [4.69, 9.17) is 4.74 Å². The molecule has 0 spiro atoms. The third kappa shape index (κ3) is 2.21. The smallest absolute Gasteiger partial charge is 0.104 e. The molecular formula is C13H15NO2. The van der Waals surface area contributed by atoms with E-state index in [1.807, 2.05) is 31.2 Å². The molecule has 1 unspecified atom stereocenters. The summed E-state index contributed by atoms with van der Waals surface area (Å²) < 4.78 is 5.22. The highest BCUT2D eigenvalue weighted by Gasteiger charge is 2.11. The number of benzene rings is 1. The molecule has 2 rings (SSSR count). The highest BCUT2D eigenvalue weighted by atomic mass is 16.5. The van der Waals surface area contributed by atoms with Crippen LogP contribution in [0.1, 0.15) is 18.6 Å². The van der Waals surface area contributed by atoms with Gasteiger partial charge in [0.15, 0.2) is 0 Å². The number of pyridine rings is 1. The summed E-state index contributed by atoms with van der Waals surface area (Å²) in [5.74, 6) is 0. The second-order valence-corrected chi connectivity index (χ2v) is 3.63. The number of aromatic nitrogens is 1. The number of fused-ring (bicyclic) bond motifs is 1. The highest BCUT2D eigenvalue weighted by molar-refractivity contribution is 5.84. The van der Waals surface area contributed by atoms with Crippen molar-refractivity contribution >= 4 is 10.8 Å². The lowest BCUT2D eigenvalue weighted by Crippen LogP contribution is -2.07. The van der Waals surface area contributed by atoms with Crippen molar-refractivity contribution in [1.29, 1.82) is 0 Å². The zero-order chi connectivity index (χ0) is 11.4. The molecule has 0 radical (unpaired) electrons. The van der Waals surface area contributed by atoms with E-state index in [1.165, 1.54) is 0 Å². The highest BCUT2D eigenvalue weighted by Crippen LogP contribution is 2.23. The van der Waals surface area contributed by atoms with Crippen LogP contribution in [0.25, 0.3) is 10.8 Å². The van der Waals surface area contributed by atoms with Crippen LogP contribution in [0.5, 0.6) is 0 Å². The van der Waals surface area contributed by atoms with Crippen molar-refractivity contribution in [3.8, 4) is 0 Å². The lowest BCUT2D eigenvalue weighted by molar-refractivity contribution is 0.0426. The van der Waals surface area contributed by atoms with Crippen molar-refractivity contribution in [2.24, 2.45) is 0 Å². The summed E-state index contributed by atoms with van der Waals surface area (Å²) in [5, 5.41) is 12.1. The van der Waals surface area contributed by atoms with Crippen LogP contribution in [0, 0.1) is 0 Å². The Kier molecular flexibility index (Phi) is 3.49. The van der Waals surface area contributed by atoms with E-state index < -0.39 is 6.10 Å². The fourth-order valence-electron chi connectivity index (χ4n) is 1.72. The molecule has 3 heteroatoms. The fourth-order valence-corrected chi connectivity index (χ4v) is 1.72. The van der Waals surface area contributed by atoms with Gasteiger partial charge in [0.25, 0.3) is 0 Å². The molecule has 0 amide bonds. The third-order valence-corrected chi connectivity index (χ3v) is 2.54. The lowest BCUT2D eigenvalue weighted by atomic mass is 10.0. The molecule has 1 atom stereocenters. The van der Waals surface area contributed by atoms with Crippen molar-refractivity contribution in [3.63, 3.8) is 0 Å². The van der Waals surface area contributed by atoms with Crippen LogP contribution < -0.4 is 0 Å². The molecule has 1 aromatic heterocycles. The maximum absolute atomic E-state index is 9.98. The predicted molar refractivity (Wildman–Crippen MR) is 63.2 cm³/mol. The zero-order valence-corrected chi connectivity index (χ0v) is 9.26. The van der Waals surface area contributed by atoms with Gasteiger partial charge >= 0.3 is 0 Å². The van der Waals surface area contributed by atoms with Crippen LogP contribution in [0.4, 0.5) is 0 Å². The second-order valence-electron chi connectivity index (χ2n) is 3.63. The van der Waals surface area contributed by atoms with E-state index in [2.05, 4.69) is 4.98 Å². The summed E-state index contributed by atoms with van der Waals surface area (Å²) in [6, 6.07) is 7.89. The first-order chi connectivity index (χ1) is 7.83.